The molecule has 0 aromatic heterocycles. The zero-order valence-corrected chi connectivity index (χ0v) is 11.3. The van der Waals surface area contributed by atoms with E-state index in [0.717, 1.165) is 32.1 Å². The maximum atomic E-state index is 12.1. The Morgan fingerprint density at radius 3 is 2.39 bits per heavy atom. The monoisotopic (exact) mass is 256 g/mol. The maximum Gasteiger partial charge on any atom is 0.326 e. The van der Waals surface area contributed by atoms with Gasteiger partial charge in [-0.2, -0.15) is 0 Å². The van der Waals surface area contributed by atoms with Gasteiger partial charge in [0.05, 0.1) is 0 Å². The summed E-state index contributed by atoms with van der Waals surface area (Å²) in [6.45, 7) is 4.49. The molecule has 1 fully saturated rings. The number of urea groups is 1. The van der Waals surface area contributed by atoms with Gasteiger partial charge in [0.2, 0.25) is 0 Å². The number of carboxylic acid groups (broad SMARTS) is 1. The average molecular weight is 256 g/mol. The Morgan fingerprint density at radius 1 is 1.33 bits per heavy atom. The fourth-order valence-corrected chi connectivity index (χ4v) is 2.56. The van der Waals surface area contributed by atoms with E-state index in [1.54, 1.807) is 4.90 Å². The molecule has 0 unspecified atom stereocenters. The summed E-state index contributed by atoms with van der Waals surface area (Å²) < 4.78 is 0. The van der Waals surface area contributed by atoms with E-state index >= 15 is 0 Å². The number of hydrogen-bond acceptors (Lipinski definition) is 2. The van der Waals surface area contributed by atoms with Gasteiger partial charge in [-0.1, -0.05) is 26.2 Å². The van der Waals surface area contributed by atoms with Gasteiger partial charge < -0.3 is 15.3 Å². The lowest BCUT2D eigenvalue weighted by Gasteiger charge is -2.29. The summed E-state index contributed by atoms with van der Waals surface area (Å²) >= 11 is 0. The molecule has 1 aliphatic carbocycles. The number of aliphatic carboxylic acids is 1. The summed E-state index contributed by atoms with van der Waals surface area (Å²) in [5.74, 6) is -0.951. The van der Waals surface area contributed by atoms with Crippen molar-refractivity contribution in [3.05, 3.63) is 0 Å². The van der Waals surface area contributed by atoms with Crippen molar-refractivity contribution in [2.75, 3.05) is 6.54 Å². The van der Waals surface area contributed by atoms with Crippen LogP contribution < -0.4 is 5.32 Å². The van der Waals surface area contributed by atoms with Crippen LogP contribution in [0.1, 0.15) is 52.4 Å². The zero-order chi connectivity index (χ0) is 13.5. The smallest absolute Gasteiger partial charge is 0.326 e. The van der Waals surface area contributed by atoms with E-state index in [0.29, 0.717) is 13.0 Å². The van der Waals surface area contributed by atoms with Crippen molar-refractivity contribution in [3.8, 4) is 0 Å². The number of carbonyl (C=O) groups excluding carboxylic acids is 1. The predicted octanol–water partition coefficient (Wildman–Crippen LogP) is 2.21. The molecular formula is C13H24N2O3. The van der Waals surface area contributed by atoms with Crippen LogP contribution in [0.25, 0.3) is 0 Å². The van der Waals surface area contributed by atoms with Crippen LogP contribution in [0.2, 0.25) is 0 Å². The Kier molecular flexibility index (Phi) is 5.95. The first-order chi connectivity index (χ1) is 8.60. The van der Waals surface area contributed by atoms with Gasteiger partial charge in [-0.05, 0) is 26.2 Å². The number of hydrogen-bond donors (Lipinski definition) is 2. The van der Waals surface area contributed by atoms with Crippen molar-refractivity contribution in [2.45, 2.75) is 64.5 Å². The highest BCUT2D eigenvalue weighted by Gasteiger charge is 2.28. The molecule has 104 valence electrons. The van der Waals surface area contributed by atoms with Gasteiger partial charge in [0, 0.05) is 12.6 Å². The maximum absolute atomic E-state index is 12.1. The quantitative estimate of drug-likeness (QED) is 0.765. The molecule has 1 saturated carbocycles. The first-order valence-electron chi connectivity index (χ1n) is 6.90. The highest BCUT2D eigenvalue weighted by atomic mass is 16.4. The van der Waals surface area contributed by atoms with Crippen molar-refractivity contribution < 1.29 is 14.7 Å². The van der Waals surface area contributed by atoms with E-state index in [1.165, 1.54) is 0 Å². The third-order valence-corrected chi connectivity index (χ3v) is 3.54. The molecule has 1 atom stereocenters. The lowest BCUT2D eigenvalue weighted by atomic mass is 10.1. The molecule has 0 spiro atoms. The van der Waals surface area contributed by atoms with Crippen molar-refractivity contribution in [1.82, 2.24) is 10.2 Å². The van der Waals surface area contributed by atoms with E-state index in [1.807, 2.05) is 13.8 Å². The highest BCUT2D eigenvalue weighted by Crippen LogP contribution is 2.23. The van der Waals surface area contributed by atoms with Gasteiger partial charge in [0.15, 0.2) is 0 Å². The van der Waals surface area contributed by atoms with Gasteiger partial charge in [-0.15, -0.1) is 0 Å². The molecule has 0 aromatic carbocycles. The molecular weight excluding hydrogens is 232 g/mol. The Morgan fingerprint density at radius 2 is 1.94 bits per heavy atom. The van der Waals surface area contributed by atoms with Crippen LogP contribution in [0.4, 0.5) is 4.79 Å². The largest absolute Gasteiger partial charge is 0.480 e. The van der Waals surface area contributed by atoms with E-state index in [-0.39, 0.29) is 12.1 Å². The summed E-state index contributed by atoms with van der Waals surface area (Å²) in [6, 6.07) is -0.714. The number of rotatable bonds is 6. The molecule has 0 heterocycles. The second kappa shape index (κ2) is 7.24. The molecule has 0 aliphatic heterocycles. The number of nitrogens with zero attached hydrogens (tertiary/aromatic N) is 1. The first kappa shape index (κ1) is 14.8. The second-order valence-corrected chi connectivity index (χ2v) is 4.85. The lowest BCUT2D eigenvalue weighted by Crippen LogP contribution is -2.50. The van der Waals surface area contributed by atoms with Gasteiger partial charge in [-0.3, -0.25) is 0 Å². The molecule has 0 aromatic rings. The fourth-order valence-electron chi connectivity index (χ4n) is 2.56. The fraction of sp³-hybridized carbons (Fsp3) is 0.846. The van der Waals surface area contributed by atoms with E-state index in [2.05, 4.69) is 5.32 Å². The van der Waals surface area contributed by atoms with Crippen molar-refractivity contribution >= 4 is 12.0 Å². The number of carboxylic acids is 1. The third-order valence-electron chi connectivity index (χ3n) is 3.54. The number of amides is 2. The van der Waals surface area contributed by atoms with Crippen molar-refractivity contribution in [1.29, 1.82) is 0 Å². The molecule has 0 bridgehead atoms. The number of carbonyl (C=O) groups is 2. The van der Waals surface area contributed by atoms with Crippen LogP contribution in [0.5, 0.6) is 0 Å². The van der Waals surface area contributed by atoms with Gasteiger partial charge in [0.1, 0.15) is 6.04 Å². The minimum Gasteiger partial charge on any atom is -0.480 e. The standard InChI is InChI=1S/C13H24N2O3/c1-3-7-11(12(16)17)14-13(18)15(4-2)10-8-5-6-9-10/h10-11H,3-9H2,1-2H3,(H,14,18)(H,16,17)/t11-/m0/s1. The molecule has 0 saturated heterocycles. The lowest BCUT2D eigenvalue weighted by molar-refractivity contribution is -0.139. The highest BCUT2D eigenvalue weighted by molar-refractivity contribution is 5.82. The summed E-state index contributed by atoms with van der Waals surface area (Å²) in [7, 11) is 0. The molecule has 2 amide bonds. The summed E-state index contributed by atoms with van der Waals surface area (Å²) in [5.41, 5.74) is 0. The van der Waals surface area contributed by atoms with E-state index in [9.17, 15) is 9.59 Å². The summed E-state index contributed by atoms with van der Waals surface area (Å²) in [4.78, 5) is 24.9. The van der Waals surface area contributed by atoms with Gasteiger partial charge >= 0.3 is 12.0 Å². The molecule has 1 aliphatic rings. The third kappa shape index (κ3) is 3.89. The Hall–Kier alpha value is -1.26. The van der Waals surface area contributed by atoms with E-state index < -0.39 is 12.0 Å². The van der Waals surface area contributed by atoms with Crippen LogP contribution in [0.15, 0.2) is 0 Å². The minimum atomic E-state index is -0.951. The van der Waals surface area contributed by atoms with Crippen LogP contribution in [-0.4, -0.2) is 40.6 Å². The van der Waals surface area contributed by atoms with Crippen molar-refractivity contribution in [3.63, 3.8) is 0 Å². The Balaban J connectivity index is 2.57. The van der Waals surface area contributed by atoms with Crippen LogP contribution in [-0.2, 0) is 4.79 Å². The van der Waals surface area contributed by atoms with Crippen LogP contribution in [0, 0.1) is 0 Å². The molecule has 2 N–H and O–H groups in total. The molecule has 1 rings (SSSR count). The summed E-state index contributed by atoms with van der Waals surface area (Å²) in [6.07, 6.45) is 5.60. The van der Waals surface area contributed by atoms with Crippen LogP contribution in [0.3, 0.4) is 0 Å². The molecule has 0 radical (unpaired) electrons. The second-order valence-electron chi connectivity index (χ2n) is 4.85. The predicted molar refractivity (Wildman–Crippen MR) is 69.5 cm³/mol. The SMILES string of the molecule is CCC[C@H](NC(=O)N(CC)C1CCCC1)C(=O)O. The van der Waals surface area contributed by atoms with Gasteiger partial charge in [-0.25, -0.2) is 9.59 Å². The Labute approximate surface area is 109 Å². The minimum absolute atomic E-state index is 0.231. The molecule has 18 heavy (non-hydrogen) atoms. The van der Waals surface area contributed by atoms with E-state index in [4.69, 9.17) is 5.11 Å². The molecule has 5 nitrogen and oxygen atoms in total. The normalized spacial score (nSPS) is 17.4. The zero-order valence-electron chi connectivity index (χ0n) is 11.3. The number of nitrogens with one attached hydrogen (secondary N) is 1. The van der Waals surface area contributed by atoms with Crippen molar-refractivity contribution in [2.24, 2.45) is 0 Å². The van der Waals surface area contributed by atoms with Gasteiger partial charge in [0.25, 0.3) is 0 Å². The average Bonchev–Trinajstić information content (AvgIpc) is 2.83. The first-order valence-corrected chi connectivity index (χ1v) is 6.90. The summed E-state index contributed by atoms with van der Waals surface area (Å²) in [5, 5.41) is 11.7. The Bertz CT molecular complexity index is 288. The molecule has 5 heteroatoms. The van der Waals surface area contributed by atoms with Crippen LogP contribution >= 0.6 is 0 Å². The topological polar surface area (TPSA) is 69.6 Å².